The molecule has 0 aliphatic heterocycles. The van der Waals surface area contributed by atoms with Crippen LogP contribution in [0.4, 0.5) is 5.69 Å². The van der Waals surface area contributed by atoms with Gasteiger partial charge in [0, 0.05) is 7.05 Å². The van der Waals surface area contributed by atoms with Crippen LogP contribution in [0, 0.1) is 0 Å². The second-order valence-electron chi connectivity index (χ2n) is 3.43. The van der Waals surface area contributed by atoms with Crippen LogP contribution in [0.3, 0.4) is 0 Å². The molecule has 5 nitrogen and oxygen atoms in total. The molecular formula is C11H13N3O2. The first kappa shape index (κ1) is 10.5. The SMILES string of the molecule is CCOC(=O)c1nc2cccc(N)c2n1C. The van der Waals surface area contributed by atoms with E-state index in [2.05, 4.69) is 4.98 Å². The molecular weight excluding hydrogens is 206 g/mol. The number of esters is 1. The van der Waals surface area contributed by atoms with Gasteiger partial charge >= 0.3 is 5.97 Å². The predicted octanol–water partition coefficient (Wildman–Crippen LogP) is 1.33. The quantitative estimate of drug-likeness (QED) is 0.611. The molecule has 5 heteroatoms. The van der Waals surface area contributed by atoms with Gasteiger partial charge < -0.3 is 15.0 Å². The fraction of sp³-hybridized carbons (Fsp3) is 0.273. The van der Waals surface area contributed by atoms with E-state index in [-0.39, 0.29) is 5.82 Å². The van der Waals surface area contributed by atoms with Gasteiger partial charge in [0.1, 0.15) is 0 Å². The summed E-state index contributed by atoms with van der Waals surface area (Å²) in [4.78, 5) is 15.8. The molecule has 0 unspecified atom stereocenters. The van der Waals surface area contributed by atoms with Gasteiger partial charge in [-0.3, -0.25) is 0 Å². The lowest BCUT2D eigenvalue weighted by Crippen LogP contribution is -2.11. The summed E-state index contributed by atoms with van der Waals surface area (Å²) < 4.78 is 6.57. The van der Waals surface area contributed by atoms with Gasteiger partial charge in [-0.05, 0) is 19.1 Å². The largest absolute Gasteiger partial charge is 0.460 e. The molecule has 2 rings (SSSR count). The number of nitrogen functional groups attached to an aromatic ring is 1. The molecule has 1 aromatic carbocycles. The minimum Gasteiger partial charge on any atom is -0.460 e. The number of fused-ring (bicyclic) bond motifs is 1. The van der Waals surface area contributed by atoms with Gasteiger partial charge in [-0.1, -0.05) is 6.07 Å². The molecule has 1 heterocycles. The second-order valence-corrected chi connectivity index (χ2v) is 3.43. The lowest BCUT2D eigenvalue weighted by molar-refractivity contribution is 0.0508. The van der Waals surface area contributed by atoms with Gasteiger partial charge in [-0.2, -0.15) is 0 Å². The summed E-state index contributed by atoms with van der Waals surface area (Å²) in [6, 6.07) is 5.40. The van der Waals surface area contributed by atoms with E-state index < -0.39 is 5.97 Å². The standard InChI is InChI=1S/C11H13N3O2/c1-3-16-11(15)10-13-8-6-4-5-7(12)9(8)14(10)2/h4-6H,3,12H2,1-2H3. The van der Waals surface area contributed by atoms with E-state index in [0.717, 1.165) is 5.52 Å². The highest BCUT2D eigenvalue weighted by molar-refractivity contribution is 5.95. The van der Waals surface area contributed by atoms with Crippen molar-refractivity contribution in [3.05, 3.63) is 24.0 Å². The number of para-hydroxylation sites is 1. The summed E-state index contributed by atoms with van der Waals surface area (Å²) in [5.41, 5.74) is 7.89. The maximum atomic E-state index is 11.6. The van der Waals surface area contributed by atoms with Crippen LogP contribution in [-0.4, -0.2) is 22.1 Å². The van der Waals surface area contributed by atoms with Crippen molar-refractivity contribution in [1.29, 1.82) is 0 Å². The molecule has 0 fully saturated rings. The fourth-order valence-electron chi connectivity index (χ4n) is 1.68. The number of imidazole rings is 1. The fourth-order valence-corrected chi connectivity index (χ4v) is 1.68. The number of nitrogens with two attached hydrogens (primary N) is 1. The minimum absolute atomic E-state index is 0.273. The zero-order valence-corrected chi connectivity index (χ0v) is 9.23. The van der Waals surface area contributed by atoms with E-state index in [9.17, 15) is 4.79 Å². The third kappa shape index (κ3) is 1.50. The van der Waals surface area contributed by atoms with Crippen LogP contribution in [0.15, 0.2) is 18.2 Å². The van der Waals surface area contributed by atoms with Gasteiger partial charge in [-0.15, -0.1) is 0 Å². The number of anilines is 1. The number of aromatic nitrogens is 2. The number of carbonyl (C=O) groups is 1. The molecule has 0 aliphatic carbocycles. The van der Waals surface area contributed by atoms with E-state index in [4.69, 9.17) is 10.5 Å². The van der Waals surface area contributed by atoms with E-state index in [1.165, 1.54) is 0 Å². The third-order valence-electron chi connectivity index (χ3n) is 2.38. The summed E-state index contributed by atoms with van der Waals surface area (Å²) in [5.74, 6) is -0.157. The lowest BCUT2D eigenvalue weighted by Gasteiger charge is -2.02. The van der Waals surface area contributed by atoms with Crippen LogP contribution >= 0.6 is 0 Å². The smallest absolute Gasteiger partial charge is 0.374 e. The molecule has 2 aromatic rings. The Bertz CT molecular complexity index is 545. The Hall–Kier alpha value is -2.04. The van der Waals surface area contributed by atoms with Crippen molar-refractivity contribution in [2.24, 2.45) is 7.05 Å². The summed E-state index contributed by atoms with van der Waals surface area (Å²) in [6.07, 6.45) is 0. The van der Waals surface area contributed by atoms with Crippen LogP contribution in [0.2, 0.25) is 0 Å². The highest BCUT2D eigenvalue weighted by Gasteiger charge is 2.17. The number of ether oxygens (including phenoxy) is 1. The number of rotatable bonds is 2. The lowest BCUT2D eigenvalue weighted by atomic mass is 10.3. The molecule has 0 bridgehead atoms. The van der Waals surface area contributed by atoms with Gasteiger partial charge in [0.05, 0.1) is 23.3 Å². The first-order valence-corrected chi connectivity index (χ1v) is 5.03. The number of hydrogen-bond donors (Lipinski definition) is 1. The molecule has 0 saturated carbocycles. The Balaban J connectivity index is 2.61. The summed E-state index contributed by atoms with van der Waals surface area (Å²) in [7, 11) is 1.75. The van der Waals surface area contributed by atoms with E-state index >= 15 is 0 Å². The van der Waals surface area contributed by atoms with Crippen molar-refractivity contribution < 1.29 is 9.53 Å². The molecule has 0 radical (unpaired) electrons. The van der Waals surface area contributed by atoms with Crippen LogP contribution in [0.1, 0.15) is 17.5 Å². The van der Waals surface area contributed by atoms with Gasteiger partial charge in [0.2, 0.25) is 5.82 Å². The zero-order valence-electron chi connectivity index (χ0n) is 9.23. The van der Waals surface area contributed by atoms with Crippen LogP contribution in [0.5, 0.6) is 0 Å². The molecule has 84 valence electrons. The third-order valence-corrected chi connectivity index (χ3v) is 2.38. The van der Waals surface area contributed by atoms with E-state index in [1.807, 2.05) is 6.07 Å². The van der Waals surface area contributed by atoms with E-state index in [1.54, 1.807) is 30.7 Å². The summed E-state index contributed by atoms with van der Waals surface area (Å²) >= 11 is 0. The summed E-state index contributed by atoms with van der Waals surface area (Å²) in [5, 5.41) is 0. The van der Waals surface area contributed by atoms with Crippen molar-refractivity contribution in [3.8, 4) is 0 Å². The van der Waals surface area contributed by atoms with Gasteiger partial charge in [0.15, 0.2) is 0 Å². The van der Waals surface area contributed by atoms with Crippen molar-refractivity contribution in [3.63, 3.8) is 0 Å². The van der Waals surface area contributed by atoms with Gasteiger partial charge in [0.25, 0.3) is 0 Å². The Morgan fingerprint density at radius 3 is 2.94 bits per heavy atom. The summed E-state index contributed by atoms with van der Waals surface area (Å²) in [6.45, 7) is 2.09. The normalized spacial score (nSPS) is 10.6. The predicted molar refractivity (Wildman–Crippen MR) is 61.1 cm³/mol. The van der Waals surface area contributed by atoms with Crippen LogP contribution < -0.4 is 5.73 Å². The van der Waals surface area contributed by atoms with Crippen molar-refractivity contribution in [2.75, 3.05) is 12.3 Å². The first-order chi connectivity index (χ1) is 7.65. The van der Waals surface area contributed by atoms with E-state index in [0.29, 0.717) is 17.8 Å². The Morgan fingerprint density at radius 2 is 2.31 bits per heavy atom. The van der Waals surface area contributed by atoms with Crippen molar-refractivity contribution >= 4 is 22.7 Å². The monoisotopic (exact) mass is 219 g/mol. The number of hydrogen-bond acceptors (Lipinski definition) is 4. The Kier molecular flexibility index (Phi) is 2.52. The average molecular weight is 219 g/mol. The van der Waals surface area contributed by atoms with Crippen molar-refractivity contribution in [1.82, 2.24) is 9.55 Å². The molecule has 0 atom stereocenters. The van der Waals surface area contributed by atoms with Gasteiger partial charge in [-0.25, -0.2) is 9.78 Å². The molecule has 0 aliphatic rings. The Labute approximate surface area is 92.8 Å². The molecule has 0 saturated heterocycles. The molecule has 1 aromatic heterocycles. The van der Waals surface area contributed by atoms with Crippen molar-refractivity contribution in [2.45, 2.75) is 6.92 Å². The highest BCUT2D eigenvalue weighted by Crippen LogP contribution is 2.21. The second kappa shape index (κ2) is 3.84. The number of benzene rings is 1. The molecule has 0 amide bonds. The number of carbonyl (C=O) groups excluding carboxylic acids is 1. The minimum atomic E-state index is -0.430. The zero-order chi connectivity index (χ0) is 11.7. The molecule has 0 spiro atoms. The number of nitrogens with zero attached hydrogens (tertiary/aromatic N) is 2. The maximum Gasteiger partial charge on any atom is 0.374 e. The first-order valence-electron chi connectivity index (χ1n) is 5.03. The maximum absolute atomic E-state index is 11.6. The number of aryl methyl sites for hydroxylation is 1. The topological polar surface area (TPSA) is 70.1 Å². The average Bonchev–Trinajstić information content (AvgIpc) is 2.58. The molecule has 2 N–H and O–H groups in total. The highest BCUT2D eigenvalue weighted by atomic mass is 16.5. The molecule has 16 heavy (non-hydrogen) atoms. The Morgan fingerprint density at radius 1 is 1.56 bits per heavy atom. The van der Waals surface area contributed by atoms with Crippen LogP contribution in [-0.2, 0) is 11.8 Å². The van der Waals surface area contributed by atoms with Crippen LogP contribution in [0.25, 0.3) is 11.0 Å².